The van der Waals surface area contributed by atoms with Gasteiger partial charge in [-0.05, 0) is 44.7 Å². The number of aromatic nitrogens is 2. The molecule has 27 heavy (non-hydrogen) atoms. The van der Waals surface area contributed by atoms with Gasteiger partial charge in [0.1, 0.15) is 0 Å². The Balaban J connectivity index is 0.00000210. The SMILES string of the molecule is Cc1ccc(S(=O)(=O)C2(c3nc(C4(N)CCCC4)no3)CCCC2)cc1.Cl. The molecule has 2 saturated carbocycles. The van der Waals surface area contributed by atoms with Crippen LogP contribution < -0.4 is 5.73 Å². The summed E-state index contributed by atoms with van der Waals surface area (Å²) >= 11 is 0. The zero-order chi connectivity index (χ0) is 18.4. The molecule has 1 heterocycles. The van der Waals surface area contributed by atoms with E-state index in [2.05, 4.69) is 10.1 Å². The van der Waals surface area contributed by atoms with Crippen LogP contribution in [0, 0.1) is 6.92 Å². The minimum Gasteiger partial charge on any atom is -0.338 e. The lowest BCUT2D eigenvalue weighted by Gasteiger charge is -2.25. The van der Waals surface area contributed by atoms with Gasteiger partial charge in [-0.2, -0.15) is 4.98 Å². The lowest BCUT2D eigenvalue weighted by atomic mass is 9.98. The van der Waals surface area contributed by atoms with Gasteiger partial charge in [-0.1, -0.05) is 48.5 Å². The van der Waals surface area contributed by atoms with Crippen molar-refractivity contribution in [1.82, 2.24) is 10.1 Å². The second kappa shape index (κ2) is 7.18. The highest BCUT2D eigenvalue weighted by atomic mass is 35.5. The molecular formula is C19H26ClN3O3S. The summed E-state index contributed by atoms with van der Waals surface area (Å²) in [7, 11) is -3.64. The molecule has 1 aromatic heterocycles. The van der Waals surface area contributed by atoms with E-state index in [4.69, 9.17) is 10.3 Å². The number of rotatable bonds is 4. The molecule has 0 radical (unpaired) electrons. The molecule has 0 amide bonds. The van der Waals surface area contributed by atoms with Gasteiger partial charge in [-0.3, -0.25) is 0 Å². The van der Waals surface area contributed by atoms with Gasteiger partial charge in [-0.25, -0.2) is 8.42 Å². The molecule has 2 N–H and O–H groups in total. The molecule has 148 valence electrons. The van der Waals surface area contributed by atoms with Gasteiger partial charge in [0.25, 0.3) is 0 Å². The number of benzene rings is 1. The lowest BCUT2D eigenvalue weighted by molar-refractivity contribution is 0.317. The summed E-state index contributed by atoms with van der Waals surface area (Å²) in [6, 6.07) is 6.98. The van der Waals surface area contributed by atoms with Crippen molar-refractivity contribution in [2.24, 2.45) is 5.73 Å². The fourth-order valence-corrected chi connectivity index (χ4v) is 6.41. The second-order valence-electron chi connectivity index (χ2n) is 7.80. The van der Waals surface area contributed by atoms with Crippen LogP contribution in [0.15, 0.2) is 33.7 Å². The first-order chi connectivity index (χ1) is 12.4. The number of halogens is 1. The number of hydrogen-bond acceptors (Lipinski definition) is 6. The fraction of sp³-hybridized carbons (Fsp3) is 0.579. The first kappa shape index (κ1) is 20.3. The summed E-state index contributed by atoms with van der Waals surface area (Å²) < 4.78 is 31.4. The molecule has 0 atom stereocenters. The molecule has 1 aromatic carbocycles. The van der Waals surface area contributed by atoms with Crippen LogP contribution in [0.4, 0.5) is 0 Å². The summed E-state index contributed by atoms with van der Waals surface area (Å²) in [6.45, 7) is 1.94. The van der Waals surface area contributed by atoms with Gasteiger partial charge in [0.15, 0.2) is 20.4 Å². The molecule has 0 bridgehead atoms. The third kappa shape index (κ3) is 3.19. The van der Waals surface area contributed by atoms with E-state index in [9.17, 15) is 8.42 Å². The predicted octanol–water partition coefficient (Wildman–Crippen LogP) is 3.77. The van der Waals surface area contributed by atoms with Crippen molar-refractivity contribution in [2.75, 3.05) is 0 Å². The van der Waals surface area contributed by atoms with Gasteiger partial charge in [0, 0.05) is 0 Å². The van der Waals surface area contributed by atoms with E-state index in [0.717, 1.165) is 44.1 Å². The third-order valence-corrected chi connectivity index (χ3v) is 8.52. The summed E-state index contributed by atoms with van der Waals surface area (Å²) in [5.74, 6) is 0.665. The van der Waals surface area contributed by atoms with Crippen molar-refractivity contribution in [3.63, 3.8) is 0 Å². The Morgan fingerprint density at radius 3 is 2.15 bits per heavy atom. The quantitative estimate of drug-likeness (QED) is 0.821. The first-order valence-electron chi connectivity index (χ1n) is 9.32. The average Bonchev–Trinajstić information content (AvgIpc) is 3.36. The third-order valence-electron chi connectivity index (χ3n) is 6.01. The Labute approximate surface area is 166 Å². The van der Waals surface area contributed by atoms with Crippen LogP contribution in [0.5, 0.6) is 0 Å². The molecule has 0 unspecified atom stereocenters. The van der Waals surface area contributed by atoms with Crippen molar-refractivity contribution in [3.8, 4) is 0 Å². The maximum Gasteiger partial charge on any atom is 0.248 e. The van der Waals surface area contributed by atoms with Gasteiger partial charge < -0.3 is 10.3 Å². The topological polar surface area (TPSA) is 99.1 Å². The molecule has 2 aliphatic carbocycles. The van der Waals surface area contributed by atoms with Crippen LogP contribution in [-0.2, 0) is 20.1 Å². The van der Waals surface area contributed by atoms with Gasteiger partial charge >= 0.3 is 0 Å². The van der Waals surface area contributed by atoms with E-state index in [1.807, 2.05) is 19.1 Å². The molecular weight excluding hydrogens is 386 g/mol. The fourth-order valence-electron chi connectivity index (χ4n) is 4.33. The molecule has 2 fully saturated rings. The van der Waals surface area contributed by atoms with Crippen LogP contribution >= 0.6 is 12.4 Å². The number of nitrogens with two attached hydrogens (primary N) is 1. The molecule has 2 aromatic rings. The largest absolute Gasteiger partial charge is 0.338 e. The average molecular weight is 412 g/mol. The van der Waals surface area contributed by atoms with Crippen LogP contribution in [0.25, 0.3) is 0 Å². The van der Waals surface area contributed by atoms with E-state index in [-0.39, 0.29) is 18.3 Å². The van der Waals surface area contributed by atoms with Gasteiger partial charge in [0.05, 0.1) is 10.4 Å². The maximum absolute atomic E-state index is 13.5. The van der Waals surface area contributed by atoms with Crippen molar-refractivity contribution in [2.45, 2.75) is 73.5 Å². The minimum absolute atomic E-state index is 0. The van der Waals surface area contributed by atoms with E-state index in [1.54, 1.807) is 12.1 Å². The van der Waals surface area contributed by atoms with Gasteiger partial charge in [-0.15, -0.1) is 12.4 Å². The number of aryl methyl sites for hydroxylation is 1. The first-order valence-corrected chi connectivity index (χ1v) is 10.8. The summed E-state index contributed by atoms with van der Waals surface area (Å²) in [6.07, 6.45) is 6.35. The van der Waals surface area contributed by atoms with Crippen LogP contribution in [0.1, 0.15) is 68.6 Å². The Kier molecular flexibility index (Phi) is 5.40. The molecule has 0 aliphatic heterocycles. The highest BCUT2D eigenvalue weighted by Crippen LogP contribution is 2.48. The molecule has 6 nitrogen and oxygen atoms in total. The van der Waals surface area contributed by atoms with Crippen LogP contribution in [0.2, 0.25) is 0 Å². The standard InChI is InChI=1S/C19H25N3O3S.ClH/c1-14-6-8-15(9-7-14)26(23,24)19(12-4-5-13-19)17-21-16(22-25-17)18(20)10-2-3-11-18;/h6-9H,2-5,10-13,20H2,1H3;1H. The Morgan fingerprint density at radius 2 is 1.56 bits per heavy atom. The highest BCUT2D eigenvalue weighted by molar-refractivity contribution is 7.92. The van der Waals surface area contributed by atoms with E-state index in [0.29, 0.717) is 23.6 Å². The van der Waals surface area contributed by atoms with Crippen molar-refractivity contribution in [3.05, 3.63) is 41.5 Å². The molecule has 4 rings (SSSR count). The monoisotopic (exact) mass is 411 g/mol. The molecule has 0 saturated heterocycles. The van der Waals surface area contributed by atoms with Gasteiger partial charge in [0.2, 0.25) is 5.89 Å². The van der Waals surface area contributed by atoms with Crippen molar-refractivity contribution in [1.29, 1.82) is 0 Å². The Hall–Kier alpha value is -1.44. The minimum atomic E-state index is -3.64. The van der Waals surface area contributed by atoms with Crippen molar-refractivity contribution < 1.29 is 12.9 Å². The lowest BCUT2D eigenvalue weighted by Crippen LogP contribution is -2.36. The van der Waals surface area contributed by atoms with E-state index < -0.39 is 20.1 Å². The number of hydrogen-bond donors (Lipinski definition) is 1. The number of sulfone groups is 1. The molecule has 8 heteroatoms. The van der Waals surface area contributed by atoms with Crippen LogP contribution in [-0.4, -0.2) is 18.6 Å². The Morgan fingerprint density at radius 1 is 1.00 bits per heavy atom. The molecule has 2 aliphatic rings. The summed E-state index contributed by atoms with van der Waals surface area (Å²) in [5.41, 5.74) is 6.87. The van der Waals surface area contributed by atoms with Crippen molar-refractivity contribution >= 4 is 22.2 Å². The zero-order valence-corrected chi connectivity index (χ0v) is 17.1. The highest BCUT2D eigenvalue weighted by Gasteiger charge is 2.53. The summed E-state index contributed by atoms with van der Waals surface area (Å²) in [5, 5.41) is 4.11. The Bertz CT molecular complexity index is 897. The number of nitrogens with zero attached hydrogens (tertiary/aromatic N) is 2. The zero-order valence-electron chi connectivity index (χ0n) is 15.5. The normalized spacial score (nSPS) is 21.1. The maximum atomic E-state index is 13.5. The smallest absolute Gasteiger partial charge is 0.248 e. The predicted molar refractivity (Wildman–Crippen MR) is 104 cm³/mol. The van der Waals surface area contributed by atoms with Crippen LogP contribution in [0.3, 0.4) is 0 Å². The summed E-state index contributed by atoms with van der Waals surface area (Å²) in [4.78, 5) is 4.86. The van der Waals surface area contributed by atoms with E-state index in [1.165, 1.54) is 0 Å². The second-order valence-corrected chi connectivity index (χ2v) is 10.1. The van der Waals surface area contributed by atoms with E-state index >= 15 is 0 Å². The molecule has 0 spiro atoms.